The zero-order valence-corrected chi connectivity index (χ0v) is 16.4. The molecule has 3 aromatic rings. The van der Waals surface area contributed by atoms with Crippen LogP contribution in [0.2, 0.25) is 0 Å². The number of H-pyrrole nitrogens is 1. The third kappa shape index (κ3) is 4.17. The Kier molecular flexibility index (Phi) is 5.28. The number of carbonyl (C=O) groups excluding carboxylic acids is 1. The number of methoxy groups -OCH3 is 1. The SMILES string of the molecule is COC1C=C(NC(=O)c2cc3ccc(=O)n(-c4ccc(C(F)(F)F)cc4)c3[nH]2)C=CC1. The molecular weight excluding hydrogens is 411 g/mol. The lowest BCUT2D eigenvalue weighted by atomic mass is 10.1. The van der Waals surface area contributed by atoms with Crippen LogP contribution in [-0.4, -0.2) is 28.7 Å². The monoisotopic (exact) mass is 429 g/mol. The highest BCUT2D eigenvalue weighted by atomic mass is 19.4. The highest BCUT2D eigenvalue weighted by Crippen LogP contribution is 2.30. The smallest absolute Gasteiger partial charge is 0.377 e. The minimum absolute atomic E-state index is 0.132. The quantitative estimate of drug-likeness (QED) is 0.660. The number of allylic oxidation sites excluding steroid dienone is 1. The molecule has 6 nitrogen and oxygen atoms in total. The fourth-order valence-corrected chi connectivity index (χ4v) is 3.39. The maximum absolute atomic E-state index is 12.8. The Labute approximate surface area is 174 Å². The minimum atomic E-state index is -4.47. The number of halogens is 3. The van der Waals surface area contributed by atoms with Gasteiger partial charge in [-0.25, -0.2) is 0 Å². The number of amides is 1. The Bertz CT molecular complexity index is 1250. The van der Waals surface area contributed by atoms with E-state index in [0.29, 0.717) is 23.2 Å². The van der Waals surface area contributed by atoms with Crippen LogP contribution < -0.4 is 10.9 Å². The van der Waals surface area contributed by atoms with Gasteiger partial charge in [0, 0.05) is 24.3 Å². The van der Waals surface area contributed by atoms with Crippen molar-refractivity contribution < 1.29 is 22.7 Å². The number of ether oxygens (including phenoxy) is 1. The number of carbonyl (C=O) groups is 1. The van der Waals surface area contributed by atoms with Crippen molar-refractivity contribution >= 4 is 16.9 Å². The van der Waals surface area contributed by atoms with Gasteiger partial charge in [-0.1, -0.05) is 6.08 Å². The van der Waals surface area contributed by atoms with Crippen LogP contribution in [0.4, 0.5) is 13.2 Å². The fraction of sp³-hybridized carbons (Fsp3) is 0.182. The van der Waals surface area contributed by atoms with E-state index in [2.05, 4.69) is 10.3 Å². The Hall–Kier alpha value is -3.59. The number of rotatable bonds is 4. The number of fused-ring (bicyclic) bond motifs is 1. The van der Waals surface area contributed by atoms with E-state index in [9.17, 15) is 22.8 Å². The molecule has 1 aliphatic rings. The van der Waals surface area contributed by atoms with E-state index in [1.807, 2.05) is 6.08 Å². The van der Waals surface area contributed by atoms with Crippen molar-refractivity contribution in [2.75, 3.05) is 7.11 Å². The Morgan fingerprint density at radius 3 is 2.61 bits per heavy atom. The van der Waals surface area contributed by atoms with E-state index in [4.69, 9.17) is 4.74 Å². The molecule has 1 amide bonds. The van der Waals surface area contributed by atoms with Gasteiger partial charge in [0.15, 0.2) is 0 Å². The highest BCUT2D eigenvalue weighted by Gasteiger charge is 2.30. The van der Waals surface area contributed by atoms with Crippen molar-refractivity contribution in [3.8, 4) is 5.69 Å². The van der Waals surface area contributed by atoms with Crippen LogP contribution in [0.3, 0.4) is 0 Å². The van der Waals surface area contributed by atoms with Crippen molar-refractivity contribution in [2.45, 2.75) is 18.7 Å². The van der Waals surface area contributed by atoms with E-state index in [1.165, 1.54) is 22.8 Å². The molecule has 0 saturated heterocycles. The molecule has 1 aliphatic carbocycles. The molecule has 31 heavy (non-hydrogen) atoms. The van der Waals surface area contributed by atoms with Crippen molar-refractivity contribution in [1.82, 2.24) is 14.9 Å². The van der Waals surface area contributed by atoms with Crippen LogP contribution in [0.15, 0.2) is 71.2 Å². The number of pyridine rings is 1. The molecule has 0 bridgehead atoms. The number of nitrogens with zero attached hydrogens (tertiary/aromatic N) is 1. The fourth-order valence-electron chi connectivity index (χ4n) is 3.39. The first-order valence-electron chi connectivity index (χ1n) is 9.41. The maximum Gasteiger partial charge on any atom is 0.416 e. The molecule has 160 valence electrons. The topological polar surface area (TPSA) is 76.1 Å². The second-order valence-electron chi connectivity index (χ2n) is 7.03. The first-order chi connectivity index (χ1) is 14.8. The first-order valence-corrected chi connectivity index (χ1v) is 9.41. The molecule has 2 heterocycles. The van der Waals surface area contributed by atoms with Gasteiger partial charge in [0.25, 0.3) is 11.5 Å². The predicted octanol–water partition coefficient (Wildman–Crippen LogP) is 3.93. The molecule has 1 unspecified atom stereocenters. The molecule has 4 rings (SSSR count). The van der Waals surface area contributed by atoms with E-state index < -0.39 is 23.2 Å². The summed E-state index contributed by atoms with van der Waals surface area (Å²) in [7, 11) is 1.58. The van der Waals surface area contributed by atoms with Gasteiger partial charge in [0.05, 0.1) is 17.4 Å². The highest BCUT2D eigenvalue weighted by molar-refractivity contribution is 5.98. The van der Waals surface area contributed by atoms with Gasteiger partial charge in [-0.2, -0.15) is 13.2 Å². The van der Waals surface area contributed by atoms with Gasteiger partial charge < -0.3 is 15.0 Å². The Morgan fingerprint density at radius 2 is 1.94 bits per heavy atom. The third-order valence-electron chi connectivity index (χ3n) is 4.97. The molecule has 0 saturated carbocycles. The van der Waals surface area contributed by atoms with Crippen LogP contribution in [0.25, 0.3) is 16.7 Å². The number of nitrogens with one attached hydrogen (secondary N) is 2. The standard InChI is InChI=1S/C22H18F3N3O3/c1-31-17-4-2-3-15(12-17)26-21(30)18-11-13-5-10-19(29)28(20(13)27-18)16-8-6-14(7-9-16)22(23,24)25/h2-3,5-12,17,27H,4H2,1H3,(H,26,30). The predicted molar refractivity (Wildman–Crippen MR) is 109 cm³/mol. The van der Waals surface area contributed by atoms with Crippen LogP contribution in [0.1, 0.15) is 22.5 Å². The molecule has 2 N–H and O–H groups in total. The molecule has 2 aromatic heterocycles. The molecular formula is C22H18F3N3O3. The van der Waals surface area contributed by atoms with E-state index in [0.717, 1.165) is 12.1 Å². The van der Waals surface area contributed by atoms with Crippen LogP contribution in [0.5, 0.6) is 0 Å². The Balaban J connectivity index is 1.69. The van der Waals surface area contributed by atoms with E-state index in [1.54, 1.807) is 31.4 Å². The summed E-state index contributed by atoms with van der Waals surface area (Å²) in [6.45, 7) is 0. The summed E-state index contributed by atoms with van der Waals surface area (Å²) in [5, 5.41) is 3.33. The van der Waals surface area contributed by atoms with Gasteiger partial charge in [0.2, 0.25) is 0 Å². The molecule has 9 heteroatoms. The van der Waals surface area contributed by atoms with Crippen molar-refractivity contribution in [3.63, 3.8) is 0 Å². The summed E-state index contributed by atoms with van der Waals surface area (Å²) in [6.07, 6.45) is 1.55. The van der Waals surface area contributed by atoms with Crippen LogP contribution >= 0.6 is 0 Å². The van der Waals surface area contributed by atoms with Crippen molar-refractivity contribution in [3.05, 3.63) is 88.0 Å². The zero-order chi connectivity index (χ0) is 22.2. The lowest BCUT2D eigenvalue weighted by Crippen LogP contribution is -2.25. The van der Waals surface area contributed by atoms with Gasteiger partial charge >= 0.3 is 6.18 Å². The number of hydrogen-bond donors (Lipinski definition) is 2. The maximum atomic E-state index is 12.8. The number of alkyl halides is 3. The molecule has 1 atom stereocenters. The zero-order valence-electron chi connectivity index (χ0n) is 16.4. The Morgan fingerprint density at radius 1 is 1.19 bits per heavy atom. The summed E-state index contributed by atoms with van der Waals surface area (Å²) in [5.41, 5.74) is 0.0868. The number of benzene rings is 1. The van der Waals surface area contributed by atoms with E-state index >= 15 is 0 Å². The summed E-state index contributed by atoms with van der Waals surface area (Å²) in [6, 6.07) is 8.67. The molecule has 0 aliphatic heterocycles. The summed E-state index contributed by atoms with van der Waals surface area (Å²) in [5.74, 6) is -0.421. The summed E-state index contributed by atoms with van der Waals surface area (Å²) < 4.78 is 45.0. The average molecular weight is 429 g/mol. The van der Waals surface area contributed by atoms with Gasteiger partial charge in [0.1, 0.15) is 11.3 Å². The molecule has 1 aromatic carbocycles. The average Bonchev–Trinajstić information content (AvgIpc) is 3.18. The third-order valence-corrected chi connectivity index (χ3v) is 4.97. The number of hydrogen-bond acceptors (Lipinski definition) is 3. The van der Waals surface area contributed by atoms with Gasteiger partial charge in [-0.05, 0) is 55.0 Å². The van der Waals surface area contributed by atoms with E-state index in [-0.39, 0.29) is 17.5 Å². The van der Waals surface area contributed by atoms with Gasteiger partial charge in [-0.15, -0.1) is 0 Å². The molecule has 0 spiro atoms. The molecule has 0 fully saturated rings. The summed E-state index contributed by atoms with van der Waals surface area (Å²) >= 11 is 0. The minimum Gasteiger partial charge on any atom is -0.377 e. The lowest BCUT2D eigenvalue weighted by molar-refractivity contribution is -0.137. The second kappa shape index (κ2) is 7.92. The first kappa shape index (κ1) is 20.7. The number of aromatic amines is 1. The van der Waals surface area contributed by atoms with Gasteiger partial charge in [-0.3, -0.25) is 14.2 Å². The van der Waals surface area contributed by atoms with Crippen LogP contribution in [0, 0.1) is 0 Å². The second-order valence-corrected chi connectivity index (χ2v) is 7.03. The normalized spacial score (nSPS) is 16.4. The summed E-state index contributed by atoms with van der Waals surface area (Å²) in [4.78, 5) is 28.1. The van der Waals surface area contributed by atoms with Crippen LogP contribution in [-0.2, 0) is 10.9 Å². The van der Waals surface area contributed by atoms with Crippen molar-refractivity contribution in [2.24, 2.45) is 0 Å². The number of aromatic nitrogens is 2. The lowest BCUT2D eigenvalue weighted by Gasteiger charge is -2.15. The van der Waals surface area contributed by atoms with Crippen molar-refractivity contribution in [1.29, 1.82) is 0 Å². The molecule has 0 radical (unpaired) electrons. The largest absolute Gasteiger partial charge is 0.416 e.